The van der Waals surface area contributed by atoms with Crippen LogP contribution >= 0.6 is 34.4 Å². The summed E-state index contributed by atoms with van der Waals surface area (Å²) in [5, 5.41) is 9.81. The molecular weight excluding hydrogens is 485 g/mol. The van der Waals surface area contributed by atoms with Crippen molar-refractivity contribution in [1.82, 2.24) is 24.5 Å². The number of fused-ring (bicyclic) bond motifs is 1. The van der Waals surface area contributed by atoms with E-state index in [-0.39, 0.29) is 0 Å². The molecule has 8 heteroatoms. The zero-order valence-corrected chi connectivity index (χ0v) is 19.8. The minimum absolute atomic E-state index is 0.820. The van der Waals surface area contributed by atoms with Gasteiger partial charge in [0, 0.05) is 29.4 Å². The molecule has 0 unspecified atom stereocenters. The SMILES string of the molecule is CSc1nc2cc(-c3c(C)noc3C)cc(-c3c(C)nn(C)c3C)c2n1CI. The summed E-state index contributed by atoms with van der Waals surface area (Å²) in [7, 11) is 1.99. The number of imidazole rings is 1. The predicted molar refractivity (Wildman–Crippen MR) is 122 cm³/mol. The summed E-state index contributed by atoms with van der Waals surface area (Å²) in [6.07, 6.45) is 2.07. The monoisotopic (exact) mass is 507 g/mol. The number of halogens is 1. The van der Waals surface area contributed by atoms with Crippen LogP contribution in [0.15, 0.2) is 21.8 Å². The van der Waals surface area contributed by atoms with Gasteiger partial charge in [0.2, 0.25) is 0 Å². The van der Waals surface area contributed by atoms with Crippen molar-refractivity contribution in [3.63, 3.8) is 0 Å². The van der Waals surface area contributed by atoms with Gasteiger partial charge in [-0.25, -0.2) is 4.98 Å². The van der Waals surface area contributed by atoms with Gasteiger partial charge in [-0.15, -0.1) is 0 Å². The van der Waals surface area contributed by atoms with Crippen molar-refractivity contribution in [3.05, 3.63) is 35.0 Å². The van der Waals surface area contributed by atoms with E-state index in [9.17, 15) is 0 Å². The molecule has 0 saturated heterocycles. The van der Waals surface area contributed by atoms with Gasteiger partial charge >= 0.3 is 0 Å². The fourth-order valence-corrected chi connectivity index (χ4v) is 5.37. The van der Waals surface area contributed by atoms with Crippen LogP contribution in [0, 0.1) is 27.7 Å². The summed E-state index contributed by atoms with van der Waals surface area (Å²) in [5.41, 5.74) is 9.61. The van der Waals surface area contributed by atoms with Crippen LogP contribution in [0.2, 0.25) is 0 Å². The molecule has 146 valence electrons. The maximum Gasteiger partial charge on any atom is 0.169 e. The molecule has 0 aliphatic rings. The smallest absolute Gasteiger partial charge is 0.169 e. The first kappa shape index (κ1) is 19.5. The molecule has 4 rings (SSSR count). The van der Waals surface area contributed by atoms with Crippen LogP contribution in [0.1, 0.15) is 22.8 Å². The van der Waals surface area contributed by atoms with Crippen LogP contribution in [0.25, 0.3) is 33.3 Å². The Labute approximate surface area is 181 Å². The van der Waals surface area contributed by atoms with Gasteiger partial charge in [0.25, 0.3) is 0 Å². The number of thioether (sulfide) groups is 1. The van der Waals surface area contributed by atoms with E-state index in [2.05, 4.69) is 69.6 Å². The number of aryl methyl sites for hydroxylation is 4. The van der Waals surface area contributed by atoms with E-state index >= 15 is 0 Å². The molecule has 0 N–H and O–H groups in total. The van der Waals surface area contributed by atoms with Crippen LogP contribution in [-0.4, -0.2) is 30.7 Å². The maximum absolute atomic E-state index is 5.43. The zero-order chi connectivity index (χ0) is 20.2. The third-order valence-electron chi connectivity index (χ3n) is 5.21. The van der Waals surface area contributed by atoms with E-state index in [1.165, 1.54) is 5.56 Å². The Bertz CT molecular complexity index is 1180. The van der Waals surface area contributed by atoms with Crippen molar-refractivity contribution < 1.29 is 4.52 Å². The van der Waals surface area contributed by atoms with Gasteiger partial charge in [0.1, 0.15) is 5.76 Å². The normalized spacial score (nSPS) is 11.7. The van der Waals surface area contributed by atoms with Crippen molar-refractivity contribution in [2.24, 2.45) is 7.05 Å². The van der Waals surface area contributed by atoms with E-state index in [0.29, 0.717) is 0 Å². The van der Waals surface area contributed by atoms with Crippen molar-refractivity contribution in [3.8, 4) is 22.3 Å². The zero-order valence-electron chi connectivity index (χ0n) is 16.8. The molecular formula is C20H22IN5OS. The average Bonchev–Trinajstić information content (AvgIpc) is 3.27. The first-order valence-corrected chi connectivity index (χ1v) is 11.7. The van der Waals surface area contributed by atoms with E-state index in [1.807, 2.05) is 25.6 Å². The van der Waals surface area contributed by atoms with Crippen molar-refractivity contribution in [1.29, 1.82) is 0 Å². The molecule has 0 aliphatic heterocycles. The van der Waals surface area contributed by atoms with Crippen molar-refractivity contribution in [2.75, 3.05) is 6.26 Å². The maximum atomic E-state index is 5.43. The van der Waals surface area contributed by atoms with Gasteiger partial charge in [-0.2, -0.15) is 5.10 Å². The number of hydrogen-bond acceptors (Lipinski definition) is 5. The third kappa shape index (κ3) is 2.88. The quantitative estimate of drug-likeness (QED) is 0.209. The number of rotatable bonds is 4. The Hall–Kier alpha value is -1.81. The molecule has 0 aliphatic carbocycles. The minimum Gasteiger partial charge on any atom is -0.361 e. The molecule has 1 aromatic carbocycles. The second-order valence-electron chi connectivity index (χ2n) is 6.91. The summed E-state index contributed by atoms with van der Waals surface area (Å²) < 4.78 is 10.5. The van der Waals surface area contributed by atoms with Crippen molar-refractivity contribution >= 4 is 45.4 Å². The number of nitrogens with zero attached hydrogens (tertiary/aromatic N) is 5. The topological polar surface area (TPSA) is 61.7 Å². The van der Waals surface area contributed by atoms with E-state index in [1.54, 1.807) is 11.8 Å². The molecule has 0 bridgehead atoms. The number of hydrogen-bond donors (Lipinski definition) is 0. The first-order valence-electron chi connectivity index (χ1n) is 8.95. The first-order chi connectivity index (χ1) is 13.4. The van der Waals surface area contributed by atoms with Crippen LogP contribution in [0.3, 0.4) is 0 Å². The molecule has 0 fully saturated rings. The molecule has 3 aromatic heterocycles. The molecule has 0 spiro atoms. The fourth-order valence-electron chi connectivity index (χ4n) is 3.91. The largest absolute Gasteiger partial charge is 0.361 e. The summed E-state index contributed by atoms with van der Waals surface area (Å²) in [4.78, 5) is 4.93. The van der Waals surface area contributed by atoms with Crippen LogP contribution in [-0.2, 0) is 11.6 Å². The second-order valence-corrected chi connectivity index (χ2v) is 8.36. The van der Waals surface area contributed by atoms with Gasteiger partial charge < -0.3 is 9.09 Å². The number of benzene rings is 1. The molecule has 0 atom stereocenters. The number of aromatic nitrogens is 5. The third-order valence-corrected chi connectivity index (χ3v) is 6.57. The van der Waals surface area contributed by atoms with E-state index in [4.69, 9.17) is 9.51 Å². The highest BCUT2D eigenvalue weighted by atomic mass is 127. The van der Waals surface area contributed by atoms with Crippen LogP contribution in [0.5, 0.6) is 0 Å². The molecule has 4 aromatic rings. The Kier molecular flexibility index (Phi) is 5.03. The summed E-state index contributed by atoms with van der Waals surface area (Å²) in [5.74, 6) is 0.820. The lowest BCUT2D eigenvalue weighted by Gasteiger charge is -2.11. The van der Waals surface area contributed by atoms with Gasteiger partial charge in [0.15, 0.2) is 5.16 Å². The highest BCUT2D eigenvalue weighted by molar-refractivity contribution is 14.1. The Morgan fingerprint density at radius 2 is 1.86 bits per heavy atom. The van der Waals surface area contributed by atoms with Crippen LogP contribution < -0.4 is 0 Å². The molecule has 6 nitrogen and oxygen atoms in total. The minimum atomic E-state index is 0.820. The highest BCUT2D eigenvalue weighted by Crippen LogP contribution is 2.40. The average molecular weight is 507 g/mol. The lowest BCUT2D eigenvalue weighted by Crippen LogP contribution is -1.97. The Morgan fingerprint density at radius 3 is 2.39 bits per heavy atom. The highest BCUT2D eigenvalue weighted by Gasteiger charge is 2.22. The van der Waals surface area contributed by atoms with Gasteiger partial charge in [-0.05, 0) is 51.6 Å². The molecule has 28 heavy (non-hydrogen) atoms. The predicted octanol–water partition coefficient (Wildman–Crippen LogP) is 5.44. The van der Waals surface area contributed by atoms with Crippen LogP contribution in [0.4, 0.5) is 0 Å². The van der Waals surface area contributed by atoms with Gasteiger partial charge in [0.05, 0.1) is 27.0 Å². The van der Waals surface area contributed by atoms with Gasteiger partial charge in [-0.3, -0.25) is 4.68 Å². The Balaban J connectivity index is 2.15. The van der Waals surface area contributed by atoms with E-state index in [0.717, 1.165) is 60.3 Å². The standard InChI is InChI=1S/C20H22IN5OS/c1-10-17(12(3)25(5)23-10)15-7-14(18-11(2)24-27-13(18)4)8-16-19(15)26(9-21)20(22-16)28-6/h7-8H,9H2,1-6H3. The fraction of sp³-hybridized carbons (Fsp3) is 0.350. The van der Waals surface area contributed by atoms with Crippen molar-refractivity contribution in [2.45, 2.75) is 37.4 Å². The number of alkyl halides is 1. The molecule has 0 radical (unpaired) electrons. The molecule has 0 saturated carbocycles. The summed E-state index contributed by atoms with van der Waals surface area (Å²) in [6.45, 7) is 8.12. The Morgan fingerprint density at radius 1 is 1.11 bits per heavy atom. The van der Waals surface area contributed by atoms with Gasteiger partial charge in [-0.1, -0.05) is 39.5 Å². The second kappa shape index (κ2) is 7.22. The summed E-state index contributed by atoms with van der Waals surface area (Å²) >= 11 is 4.07. The molecule has 3 heterocycles. The van der Waals surface area contributed by atoms with E-state index < -0.39 is 0 Å². The lowest BCUT2D eigenvalue weighted by molar-refractivity contribution is 0.393. The summed E-state index contributed by atoms with van der Waals surface area (Å²) in [6, 6.07) is 4.38. The lowest BCUT2D eigenvalue weighted by atomic mass is 9.95. The molecule has 0 amide bonds.